The maximum Gasteiger partial charge on any atom is 0.412 e. The van der Waals surface area contributed by atoms with Crippen molar-refractivity contribution in [2.24, 2.45) is 0 Å². The van der Waals surface area contributed by atoms with Gasteiger partial charge in [0.15, 0.2) is 39.6 Å². The van der Waals surface area contributed by atoms with Crippen LogP contribution in [0, 0.1) is 0 Å². The molecule has 0 bridgehead atoms. The first-order valence-corrected chi connectivity index (χ1v) is 30.7. The molecule has 16 nitrogen and oxygen atoms in total. The van der Waals surface area contributed by atoms with Crippen molar-refractivity contribution in [3.05, 3.63) is 72.4 Å². The monoisotopic (exact) mass is 1040 g/mol. The van der Waals surface area contributed by atoms with Gasteiger partial charge in [0.1, 0.15) is 12.2 Å². The molecule has 0 radical (unpaired) electrons. The highest BCUT2D eigenvalue weighted by atomic mass is 28.4. The average molecular weight is 1040 g/mol. The lowest BCUT2D eigenvalue weighted by atomic mass is 10.1. The van der Waals surface area contributed by atoms with E-state index in [0.717, 1.165) is 11.1 Å². The molecule has 4 rings (SSSR count). The number of carbonyl (C=O) groups excluding carboxylic acids is 4. The first kappa shape index (κ1) is 59.3. The van der Waals surface area contributed by atoms with E-state index in [2.05, 4.69) is 98.1 Å². The Hall–Kier alpha value is -5.31. The molecule has 2 heterocycles. The Morgan fingerprint density at radius 1 is 0.639 bits per heavy atom. The molecule has 0 unspecified atom stereocenters. The summed E-state index contributed by atoms with van der Waals surface area (Å²) in [6.45, 7) is 41.1. The van der Waals surface area contributed by atoms with E-state index in [-0.39, 0.29) is 76.3 Å². The molecule has 400 valence electrons. The summed E-state index contributed by atoms with van der Waals surface area (Å²) in [6, 6.07) is 5.85. The number of amides is 4. The molecule has 2 N–H and O–H groups in total. The summed E-state index contributed by atoms with van der Waals surface area (Å²) < 4.78 is 47.9. The third-order valence-electron chi connectivity index (χ3n) is 13.7. The predicted octanol–water partition coefficient (Wildman–Crippen LogP) is 12.0. The van der Waals surface area contributed by atoms with Gasteiger partial charge in [-0.05, 0) is 101 Å². The zero-order valence-corrected chi connectivity index (χ0v) is 47.9. The summed E-state index contributed by atoms with van der Waals surface area (Å²) in [5.74, 6) is 0.661. The Kier molecular flexibility index (Phi) is 20.3. The smallest absolute Gasteiger partial charge is 0.412 e. The second-order valence-corrected chi connectivity index (χ2v) is 32.3. The Morgan fingerprint density at radius 3 is 1.40 bits per heavy atom. The Labute approximate surface area is 431 Å². The van der Waals surface area contributed by atoms with Crippen molar-refractivity contribution in [3.63, 3.8) is 0 Å². The van der Waals surface area contributed by atoms with E-state index >= 15 is 0 Å². The van der Waals surface area contributed by atoms with Crippen LogP contribution in [-0.2, 0) is 18.3 Å². The van der Waals surface area contributed by atoms with Crippen LogP contribution in [0.4, 0.5) is 21.0 Å². The van der Waals surface area contributed by atoms with Crippen LogP contribution in [0.5, 0.6) is 23.0 Å². The average Bonchev–Trinajstić information content (AvgIpc) is 3.85. The van der Waals surface area contributed by atoms with Crippen molar-refractivity contribution in [3.8, 4) is 23.0 Å². The minimum atomic E-state index is -2.12. The Bertz CT molecular complexity index is 2300. The summed E-state index contributed by atoms with van der Waals surface area (Å²) >= 11 is 0. The number of unbranched alkanes of at least 4 members (excludes halogenated alkanes) is 2. The van der Waals surface area contributed by atoms with E-state index in [1.54, 1.807) is 54.8 Å². The lowest BCUT2D eigenvalue weighted by Crippen LogP contribution is -2.46. The Balaban J connectivity index is 1.48. The molecule has 2 saturated heterocycles. The van der Waals surface area contributed by atoms with Gasteiger partial charge in [-0.25, -0.2) is 9.59 Å². The number of rotatable bonds is 22. The van der Waals surface area contributed by atoms with Crippen molar-refractivity contribution in [2.45, 2.75) is 148 Å². The number of ether oxygens (including phenoxy) is 6. The van der Waals surface area contributed by atoms with Crippen LogP contribution in [0.15, 0.2) is 61.2 Å². The molecule has 0 aromatic heterocycles. The highest BCUT2D eigenvalue weighted by Crippen LogP contribution is 2.41. The second kappa shape index (κ2) is 24.6. The molecule has 0 aliphatic carbocycles. The SMILES string of the molecule is C=CCOC(=O)Nc1cc(OCCCCCOc2cc(NC(=O)OC(C)(C)C)c(C(=O)N3CC(=C)C[C@H]3CO[Si](C)(C)C(C)(C)C)cc2OC)c(OC)cc1C(=O)N1CC(=C)C[C@H]1CO[Si](C)(C)C(C)(C)C. The van der Waals surface area contributed by atoms with Gasteiger partial charge in [-0.1, -0.05) is 78.5 Å². The molecule has 2 aromatic carbocycles. The number of benzene rings is 2. The topological polar surface area (TPSA) is 173 Å². The van der Waals surface area contributed by atoms with Crippen molar-refractivity contribution < 1.29 is 56.5 Å². The molecule has 72 heavy (non-hydrogen) atoms. The van der Waals surface area contributed by atoms with Gasteiger partial charge in [0.05, 0.1) is 75.2 Å². The minimum Gasteiger partial charge on any atom is -0.493 e. The highest BCUT2D eigenvalue weighted by Gasteiger charge is 2.42. The van der Waals surface area contributed by atoms with Crippen LogP contribution in [0.2, 0.25) is 36.3 Å². The summed E-state index contributed by atoms with van der Waals surface area (Å²) in [7, 11) is -1.25. The van der Waals surface area contributed by atoms with E-state index in [9.17, 15) is 19.2 Å². The molecule has 2 atom stereocenters. The standard InChI is InChI=1S/C54H84N4O12Si2/c1-19-23-67-50(61)55-42-30-46(44(63-13)28-40(42)48(59)57-32-36(2)26-38(57)34-68-71(15,16)53(7,8)9)65-24-21-20-22-25-66-47-31-43(56-51(62)70-52(4,5)6)41(29-45(47)64-14)49(60)58-33-37(3)27-39(58)35-69-72(17,18)54(10,11)12/h19,28-31,38-39H,1-3,20-27,32-35H2,4-18H3,(H,55,61)(H,56,62)/t38-,39-/m0/s1. The van der Waals surface area contributed by atoms with Crippen LogP contribution in [0.25, 0.3) is 0 Å². The normalized spacial score (nSPS) is 16.6. The largest absolute Gasteiger partial charge is 0.493 e. The lowest BCUT2D eigenvalue weighted by molar-refractivity contribution is 0.0634. The van der Waals surface area contributed by atoms with Gasteiger partial charge in [-0.2, -0.15) is 0 Å². The van der Waals surface area contributed by atoms with Crippen LogP contribution in [-0.4, -0.2) is 128 Å². The van der Waals surface area contributed by atoms with Crippen LogP contribution >= 0.6 is 0 Å². The first-order chi connectivity index (χ1) is 33.4. The predicted molar refractivity (Wildman–Crippen MR) is 289 cm³/mol. The number of hydrogen-bond donors (Lipinski definition) is 2. The van der Waals surface area contributed by atoms with E-state index in [1.807, 2.05) is 0 Å². The van der Waals surface area contributed by atoms with Crippen molar-refractivity contribution >= 4 is 52.0 Å². The van der Waals surface area contributed by atoms with Gasteiger partial charge in [-0.3, -0.25) is 20.2 Å². The maximum atomic E-state index is 14.5. The van der Waals surface area contributed by atoms with Crippen molar-refractivity contribution in [1.82, 2.24) is 9.80 Å². The summed E-state index contributed by atoms with van der Waals surface area (Å²) in [4.78, 5) is 58.5. The summed E-state index contributed by atoms with van der Waals surface area (Å²) in [5.41, 5.74) is 1.87. The summed E-state index contributed by atoms with van der Waals surface area (Å²) in [5, 5.41) is 5.51. The number of anilines is 2. The zero-order chi connectivity index (χ0) is 54.0. The van der Waals surface area contributed by atoms with Gasteiger partial charge < -0.3 is 47.1 Å². The van der Waals surface area contributed by atoms with Crippen LogP contribution in [0.3, 0.4) is 0 Å². The molecule has 4 amide bonds. The molecule has 2 fully saturated rings. The third kappa shape index (κ3) is 16.1. The molecule has 2 aromatic rings. The highest BCUT2D eigenvalue weighted by molar-refractivity contribution is 6.74. The van der Waals surface area contributed by atoms with E-state index in [0.29, 0.717) is 81.4 Å². The van der Waals surface area contributed by atoms with E-state index in [4.69, 9.17) is 37.3 Å². The van der Waals surface area contributed by atoms with Gasteiger partial charge >= 0.3 is 12.2 Å². The number of nitrogens with zero attached hydrogens (tertiary/aromatic N) is 2. The minimum absolute atomic E-state index is 0.00581. The number of carbonyl (C=O) groups is 4. The van der Waals surface area contributed by atoms with Gasteiger partial charge in [0.2, 0.25) is 0 Å². The molecular formula is C54H84N4O12Si2. The fourth-order valence-electron chi connectivity index (χ4n) is 7.55. The van der Waals surface area contributed by atoms with Gasteiger partial charge in [-0.15, -0.1) is 0 Å². The van der Waals surface area contributed by atoms with Crippen LogP contribution in [0.1, 0.15) is 115 Å². The number of methoxy groups -OCH3 is 2. The summed E-state index contributed by atoms with van der Waals surface area (Å²) in [6.07, 6.45) is 3.09. The second-order valence-electron chi connectivity index (χ2n) is 22.7. The molecule has 2 aliphatic rings. The van der Waals surface area contributed by atoms with E-state index < -0.39 is 34.4 Å². The van der Waals surface area contributed by atoms with Crippen molar-refractivity contribution in [1.29, 1.82) is 0 Å². The quantitative estimate of drug-likeness (QED) is 0.0650. The molecule has 2 aliphatic heterocycles. The fraction of sp³-hybridized carbons (Fsp3) is 0.593. The number of hydrogen-bond acceptors (Lipinski definition) is 12. The lowest BCUT2D eigenvalue weighted by Gasteiger charge is -2.38. The number of nitrogens with one attached hydrogen (secondary N) is 2. The fourth-order valence-corrected chi connectivity index (χ4v) is 9.63. The third-order valence-corrected chi connectivity index (χ3v) is 22.7. The molecular weight excluding hydrogens is 953 g/mol. The van der Waals surface area contributed by atoms with Crippen molar-refractivity contribution in [2.75, 3.05) is 71.0 Å². The van der Waals surface area contributed by atoms with Gasteiger partial charge in [0, 0.05) is 25.2 Å². The first-order valence-electron chi connectivity index (χ1n) is 24.9. The zero-order valence-electron chi connectivity index (χ0n) is 45.9. The molecule has 18 heteroatoms. The van der Waals surface area contributed by atoms with E-state index in [1.165, 1.54) is 20.3 Å². The van der Waals surface area contributed by atoms with Gasteiger partial charge in [0.25, 0.3) is 11.8 Å². The molecule has 0 spiro atoms. The molecule has 0 saturated carbocycles. The number of likely N-dealkylation sites (tertiary alicyclic amines) is 2. The maximum absolute atomic E-state index is 14.5. The Morgan fingerprint density at radius 2 is 1.04 bits per heavy atom. The van der Waals surface area contributed by atoms with Crippen LogP contribution < -0.4 is 29.6 Å².